The third-order valence-electron chi connectivity index (χ3n) is 4.76. The maximum Gasteiger partial charge on any atom is 0.0991 e. The summed E-state index contributed by atoms with van der Waals surface area (Å²) in [7, 11) is 0. The second-order valence-corrected chi connectivity index (χ2v) is 6.80. The van der Waals surface area contributed by atoms with E-state index in [0.29, 0.717) is 6.10 Å². The van der Waals surface area contributed by atoms with Crippen LogP contribution in [0.4, 0.5) is 0 Å². The highest BCUT2D eigenvalue weighted by atomic mass is 16.5. The summed E-state index contributed by atoms with van der Waals surface area (Å²) >= 11 is 0. The Balaban J connectivity index is 1.46. The first-order valence-electron chi connectivity index (χ1n) is 9.17. The topological polar surface area (TPSA) is 43.2 Å². The maximum absolute atomic E-state index is 5.86. The van der Waals surface area contributed by atoms with Gasteiger partial charge in [0.25, 0.3) is 0 Å². The molecule has 1 aromatic carbocycles. The monoisotopic (exact) mass is 348 g/mol. The molecule has 3 heterocycles. The van der Waals surface area contributed by atoms with Crippen LogP contribution in [0.3, 0.4) is 0 Å². The van der Waals surface area contributed by atoms with Gasteiger partial charge in [0, 0.05) is 56.7 Å². The van der Waals surface area contributed by atoms with E-state index in [1.54, 1.807) is 6.20 Å². The van der Waals surface area contributed by atoms with Crippen LogP contribution in [0.5, 0.6) is 0 Å². The SMILES string of the molecule is c1cncc(CN(Cc2ccc(-n3ccnc3)cc2)C[C@@H]2CCCO2)c1. The van der Waals surface area contributed by atoms with Crippen molar-refractivity contribution in [2.75, 3.05) is 13.2 Å². The maximum atomic E-state index is 5.86. The molecule has 1 aliphatic heterocycles. The molecule has 0 unspecified atom stereocenters. The molecule has 134 valence electrons. The average Bonchev–Trinajstić information content (AvgIpc) is 3.37. The second-order valence-electron chi connectivity index (χ2n) is 6.80. The molecule has 0 amide bonds. The van der Waals surface area contributed by atoms with E-state index in [1.165, 1.54) is 17.5 Å². The Hall–Kier alpha value is -2.50. The highest BCUT2D eigenvalue weighted by molar-refractivity contribution is 5.34. The Bertz CT molecular complexity index is 781. The molecule has 1 aliphatic rings. The van der Waals surface area contributed by atoms with E-state index < -0.39 is 0 Å². The van der Waals surface area contributed by atoms with Gasteiger partial charge in [0.2, 0.25) is 0 Å². The molecule has 0 N–H and O–H groups in total. The van der Waals surface area contributed by atoms with Crippen molar-refractivity contribution >= 4 is 0 Å². The largest absolute Gasteiger partial charge is 0.377 e. The molecule has 0 bridgehead atoms. The summed E-state index contributed by atoms with van der Waals surface area (Å²) in [6, 6.07) is 12.8. The number of pyridine rings is 1. The lowest BCUT2D eigenvalue weighted by atomic mass is 10.1. The normalized spacial score (nSPS) is 17.0. The summed E-state index contributed by atoms with van der Waals surface area (Å²) in [6.07, 6.45) is 12.0. The van der Waals surface area contributed by atoms with E-state index in [1.807, 2.05) is 35.6 Å². The van der Waals surface area contributed by atoms with Crippen LogP contribution in [-0.4, -0.2) is 38.7 Å². The number of nitrogens with zero attached hydrogens (tertiary/aromatic N) is 4. The van der Waals surface area contributed by atoms with Gasteiger partial charge in [-0.3, -0.25) is 9.88 Å². The minimum Gasteiger partial charge on any atom is -0.377 e. The van der Waals surface area contributed by atoms with Gasteiger partial charge in [-0.1, -0.05) is 18.2 Å². The Kier molecular flexibility index (Phi) is 5.38. The molecule has 1 fully saturated rings. The van der Waals surface area contributed by atoms with Gasteiger partial charge in [0.15, 0.2) is 0 Å². The number of aromatic nitrogens is 3. The molecule has 1 atom stereocenters. The zero-order valence-corrected chi connectivity index (χ0v) is 14.9. The number of ether oxygens (including phenoxy) is 1. The summed E-state index contributed by atoms with van der Waals surface area (Å²) in [6.45, 7) is 3.64. The fourth-order valence-corrected chi connectivity index (χ4v) is 3.45. The third-order valence-corrected chi connectivity index (χ3v) is 4.76. The highest BCUT2D eigenvalue weighted by Crippen LogP contribution is 2.18. The molecule has 26 heavy (non-hydrogen) atoms. The van der Waals surface area contributed by atoms with Gasteiger partial charge in [-0.2, -0.15) is 0 Å². The van der Waals surface area contributed by atoms with Crippen molar-refractivity contribution in [1.29, 1.82) is 0 Å². The standard InChI is InChI=1S/C21H24N4O/c1-3-19(13-22-9-1)15-24(16-21-4-2-12-26-21)14-18-5-7-20(8-6-18)25-11-10-23-17-25/h1,3,5-11,13,17,21H,2,4,12,14-16H2/t21-/m0/s1. The van der Waals surface area contributed by atoms with Crippen LogP contribution in [0, 0.1) is 0 Å². The van der Waals surface area contributed by atoms with Gasteiger partial charge >= 0.3 is 0 Å². The molecule has 0 radical (unpaired) electrons. The first-order chi connectivity index (χ1) is 12.9. The predicted octanol–water partition coefficient (Wildman–Crippen LogP) is 3.45. The molecule has 0 aliphatic carbocycles. The molecule has 5 heteroatoms. The van der Waals surface area contributed by atoms with Crippen molar-refractivity contribution in [2.24, 2.45) is 0 Å². The van der Waals surface area contributed by atoms with E-state index in [4.69, 9.17) is 4.74 Å². The summed E-state index contributed by atoms with van der Waals surface area (Å²) in [5.74, 6) is 0. The van der Waals surface area contributed by atoms with E-state index in [2.05, 4.69) is 45.2 Å². The zero-order valence-electron chi connectivity index (χ0n) is 14.9. The molecule has 1 saturated heterocycles. The number of rotatable bonds is 7. The van der Waals surface area contributed by atoms with E-state index >= 15 is 0 Å². The van der Waals surface area contributed by atoms with Crippen LogP contribution in [0.25, 0.3) is 5.69 Å². The van der Waals surface area contributed by atoms with Gasteiger partial charge < -0.3 is 9.30 Å². The van der Waals surface area contributed by atoms with Gasteiger partial charge in [-0.15, -0.1) is 0 Å². The molecule has 0 saturated carbocycles. The Morgan fingerprint density at radius 3 is 2.62 bits per heavy atom. The summed E-state index contributed by atoms with van der Waals surface area (Å²) in [4.78, 5) is 10.8. The first kappa shape index (κ1) is 16.9. The minimum atomic E-state index is 0.344. The Labute approximate surface area is 154 Å². The number of hydrogen-bond donors (Lipinski definition) is 0. The van der Waals surface area contributed by atoms with Crippen LogP contribution < -0.4 is 0 Å². The number of hydrogen-bond acceptors (Lipinski definition) is 4. The third kappa shape index (κ3) is 4.36. The fourth-order valence-electron chi connectivity index (χ4n) is 3.45. The molecule has 3 aromatic rings. The Morgan fingerprint density at radius 2 is 1.92 bits per heavy atom. The lowest BCUT2D eigenvalue weighted by molar-refractivity contribution is 0.0679. The van der Waals surface area contributed by atoms with Crippen LogP contribution >= 0.6 is 0 Å². The van der Waals surface area contributed by atoms with Crippen molar-refractivity contribution in [3.8, 4) is 5.69 Å². The van der Waals surface area contributed by atoms with Crippen molar-refractivity contribution < 1.29 is 4.74 Å². The molecule has 4 rings (SSSR count). The van der Waals surface area contributed by atoms with E-state index in [9.17, 15) is 0 Å². The van der Waals surface area contributed by atoms with E-state index in [-0.39, 0.29) is 0 Å². The minimum absolute atomic E-state index is 0.344. The summed E-state index contributed by atoms with van der Waals surface area (Å²) in [5.41, 5.74) is 3.67. The predicted molar refractivity (Wildman–Crippen MR) is 101 cm³/mol. The first-order valence-corrected chi connectivity index (χ1v) is 9.17. The smallest absolute Gasteiger partial charge is 0.0991 e. The van der Waals surface area contributed by atoms with Crippen LogP contribution in [0.1, 0.15) is 24.0 Å². The Morgan fingerprint density at radius 1 is 1.04 bits per heavy atom. The average molecular weight is 348 g/mol. The van der Waals surface area contributed by atoms with Crippen LogP contribution in [0.2, 0.25) is 0 Å². The lowest BCUT2D eigenvalue weighted by Crippen LogP contribution is -2.31. The molecule has 2 aromatic heterocycles. The highest BCUT2D eigenvalue weighted by Gasteiger charge is 2.19. The summed E-state index contributed by atoms with van der Waals surface area (Å²) < 4.78 is 7.88. The molecular weight excluding hydrogens is 324 g/mol. The number of imidazole rings is 1. The van der Waals surface area contributed by atoms with Crippen LogP contribution in [-0.2, 0) is 17.8 Å². The van der Waals surface area contributed by atoms with Gasteiger partial charge in [-0.05, 0) is 42.2 Å². The second kappa shape index (κ2) is 8.25. The molecular formula is C21H24N4O. The van der Waals surface area contributed by atoms with Crippen molar-refractivity contribution in [2.45, 2.75) is 32.0 Å². The van der Waals surface area contributed by atoms with Crippen molar-refractivity contribution in [1.82, 2.24) is 19.4 Å². The van der Waals surface area contributed by atoms with Crippen molar-refractivity contribution in [3.63, 3.8) is 0 Å². The van der Waals surface area contributed by atoms with Gasteiger partial charge in [0.05, 0.1) is 12.4 Å². The van der Waals surface area contributed by atoms with Crippen LogP contribution in [0.15, 0.2) is 67.5 Å². The number of benzene rings is 1. The van der Waals surface area contributed by atoms with E-state index in [0.717, 1.165) is 38.3 Å². The molecule has 5 nitrogen and oxygen atoms in total. The fraction of sp³-hybridized carbons (Fsp3) is 0.333. The summed E-state index contributed by atoms with van der Waals surface area (Å²) in [5, 5.41) is 0. The van der Waals surface area contributed by atoms with Gasteiger partial charge in [0.1, 0.15) is 0 Å². The molecule has 0 spiro atoms. The zero-order chi connectivity index (χ0) is 17.6. The lowest BCUT2D eigenvalue weighted by Gasteiger charge is -2.25. The van der Waals surface area contributed by atoms with Crippen molar-refractivity contribution in [3.05, 3.63) is 78.6 Å². The van der Waals surface area contributed by atoms with Gasteiger partial charge in [-0.25, -0.2) is 4.98 Å². The quantitative estimate of drug-likeness (QED) is 0.656.